The molecule has 2 heterocycles. The van der Waals surface area contributed by atoms with Crippen LogP contribution in [0.5, 0.6) is 5.75 Å². The summed E-state index contributed by atoms with van der Waals surface area (Å²) in [7, 11) is 0. The smallest absolute Gasteiger partial charge is 0.125 e. The predicted molar refractivity (Wildman–Crippen MR) is 83.3 cm³/mol. The van der Waals surface area contributed by atoms with Gasteiger partial charge in [0.15, 0.2) is 0 Å². The largest absolute Gasteiger partial charge is 0.493 e. The number of nitrogens with one attached hydrogen (secondary N) is 1. The minimum Gasteiger partial charge on any atom is -0.493 e. The molecule has 0 aliphatic carbocycles. The number of halogens is 1. The minimum absolute atomic E-state index is 0.312. The molecule has 4 heteroatoms. The van der Waals surface area contributed by atoms with Crippen LogP contribution in [0.4, 0.5) is 0 Å². The van der Waals surface area contributed by atoms with Crippen molar-refractivity contribution in [1.82, 2.24) is 5.32 Å². The molecule has 3 rings (SSSR count). The summed E-state index contributed by atoms with van der Waals surface area (Å²) in [6.07, 6.45) is 3.47. The average molecular weight is 340 g/mol. The van der Waals surface area contributed by atoms with Gasteiger partial charge in [0.05, 0.1) is 12.2 Å². The van der Waals surface area contributed by atoms with Gasteiger partial charge in [0, 0.05) is 29.8 Å². The van der Waals surface area contributed by atoms with Crippen LogP contribution in [0, 0.1) is 5.92 Å². The van der Waals surface area contributed by atoms with E-state index in [-0.39, 0.29) is 0 Å². The van der Waals surface area contributed by atoms with Crippen molar-refractivity contribution < 1.29 is 9.84 Å². The van der Waals surface area contributed by atoms with E-state index in [0.29, 0.717) is 12.3 Å². The molecule has 0 bridgehead atoms. The molecule has 2 atom stereocenters. The number of hydrogen-bond donors (Lipinski definition) is 2. The van der Waals surface area contributed by atoms with E-state index in [2.05, 4.69) is 40.3 Å². The van der Waals surface area contributed by atoms with Crippen molar-refractivity contribution in [1.29, 1.82) is 0 Å². The predicted octanol–water partition coefficient (Wildman–Crippen LogP) is 2.68. The second-order valence-corrected chi connectivity index (χ2v) is 6.91. The molecule has 1 saturated heterocycles. The molecule has 0 radical (unpaired) electrons. The van der Waals surface area contributed by atoms with Crippen LogP contribution in [-0.2, 0) is 12.8 Å². The Morgan fingerprint density at radius 1 is 1.50 bits per heavy atom. The molecule has 2 aliphatic rings. The third kappa shape index (κ3) is 2.61. The number of benzene rings is 1. The van der Waals surface area contributed by atoms with Crippen molar-refractivity contribution >= 4 is 15.9 Å². The molecule has 0 spiro atoms. The number of fused-ring (bicyclic) bond motifs is 1. The zero-order chi connectivity index (χ0) is 14.2. The van der Waals surface area contributed by atoms with Crippen LogP contribution in [0.2, 0.25) is 0 Å². The summed E-state index contributed by atoms with van der Waals surface area (Å²) in [5.41, 5.74) is 1.80. The lowest BCUT2D eigenvalue weighted by atomic mass is 9.76. The van der Waals surface area contributed by atoms with Crippen molar-refractivity contribution in [2.75, 3.05) is 19.7 Å². The molecule has 1 fully saturated rings. The van der Waals surface area contributed by atoms with Gasteiger partial charge in [0.2, 0.25) is 0 Å². The molecule has 2 unspecified atom stereocenters. The zero-order valence-corrected chi connectivity index (χ0v) is 13.5. The molecule has 20 heavy (non-hydrogen) atoms. The highest BCUT2D eigenvalue weighted by Crippen LogP contribution is 2.38. The van der Waals surface area contributed by atoms with Crippen molar-refractivity contribution in [2.24, 2.45) is 5.92 Å². The molecule has 2 aliphatic heterocycles. The second kappa shape index (κ2) is 5.66. The number of aliphatic hydroxyl groups is 1. The molecule has 0 aromatic heterocycles. The number of piperidine rings is 1. The number of hydrogen-bond acceptors (Lipinski definition) is 3. The molecule has 1 aromatic carbocycles. The van der Waals surface area contributed by atoms with Gasteiger partial charge < -0.3 is 15.2 Å². The third-order valence-corrected chi connectivity index (χ3v) is 5.16. The second-order valence-electron chi connectivity index (χ2n) is 5.99. The fraction of sp³-hybridized carbons (Fsp3) is 0.625. The number of ether oxygens (including phenoxy) is 1. The van der Waals surface area contributed by atoms with E-state index >= 15 is 0 Å². The van der Waals surface area contributed by atoms with Gasteiger partial charge in [-0.2, -0.15) is 0 Å². The molecule has 1 aromatic rings. The van der Waals surface area contributed by atoms with E-state index in [1.807, 2.05) is 0 Å². The van der Waals surface area contributed by atoms with Gasteiger partial charge in [0.1, 0.15) is 5.75 Å². The summed E-state index contributed by atoms with van der Waals surface area (Å²) in [6.45, 7) is 4.72. The summed E-state index contributed by atoms with van der Waals surface area (Å²) in [5, 5.41) is 14.5. The van der Waals surface area contributed by atoms with Crippen LogP contribution in [-0.4, -0.2) is 30.4 Å². The van der Waals surface area contributed by atoms with Gasteiger partial charge >= 0.3 is 0 Å². The highest BCUT2D eigenvalue weighted by Gasteiger charge is 2.39. The maximum Gasteiger partial charge on any atom is 0.125 e. The van der Waals surface area contributed by atoms with Gasteiger partial charge in [-0.1, -0.05) is 22.9 Å². The van der Waals surface area contributed by atoms with E-state index in [0.717, 1.165) is 54.7 Å². The highest BCUT2D eigenvalue weighted by atomic mass is 79.9. The molecule has 0 amide bonds. The summed E-state index contributed by atoms with van der Waals surface area (Å²) in [5.74, 6) is 1.32. The van der Waals surface area contributed by atoms with Crippen LogP contribution in [0.3, 0.4) is 0 Å². The first kappa shape index (κ1) is 14.4. The summed E-state index contributed by atoms with van der Waals surface area (Å²) >= 11 is 3.58. The van der Waals surface area contributed by atoms with Crippen LogP contribution >= 0.6 is 15.9 Å². The van der Waals surface area contributed by atoms with Crippen molar-refractivity contribution in [3.63, 3.8) is 0 Å². The Morgan fingerprint density at radius 2 is 2.35 bits per heavy atom. The maximum absolute atomic E-state index is 11.1. The lowest BCUT2D eigenvalue weighted by molar-refractivity contribution is -0.0417. The Kier molecular flexibility index (Phi) is 4.07. The van der Waals surface area contributed by atoms with Crippen molar-refractivity contribution in [3.05, 3.63) is 27.7 Å². The Labute approximate surface area is 128 Å². The topological polar surface area (TPSA) is 41.5 Å². The molecular weight excluding hydrogens is 318 g/mol. The molecular formula is C16H22BrNO2. The minimum atomic E-state index is -0.611. The highest BCUT2D eigenvalue weighted by molar-refractivity contribution is 9.10. The molecule has 110 valence electrons. The van der Waals surface area contributed by atoms with Crippen LogP contribution in [0.15, 0.2) is 16.6 Å². The van der Waals surface area contributed by atoms with Crippen molar-refractivity contribution in [3.8, 4) is 5.75 Å². The first-order chi connectivity index (χ1) is 9.62. The summed E-state index contributed by atoms with van der Waals surface area (Å²) < 4.78 is 6.88. The van der Waals surface area contributed by atoms with Gasteiger partial charge in [-0.3, -0.25) is 0 Å². The summed E-state index contributed by atoms with van der Waals surface area (Å²) in [4.78, 5) is 0. The first-order valence-corrected chi connectivity index (χ1v) is 8.29. The summed E-state index contributed by atoms with van der Waals surface area (Å²) in [6, 6.07) is 4.24. The SMILES string of the molecule is CCC1CNCCC1(O)Cc1cc(Br)cc2c1OCC2. The van der Waals surface area contributed by atoms with Crippen LogP contribution < -0.4 is 10.1 Å². The van der Waals surface area contributed by atoms with Gasteiger partial charge in [-0.15, -0.1) is 0 Å². The fourth-order valence-electron chi connectivity index (χ4n) is 3.54. The fourth-order valence-corrected chi connectivity index (χ4v) is 4.09. The quantitative estimate of drug-likeness (QED) is 0.889. The molecule has 0 saturated carbocycles. The van der Waals surface area contributed by atoms with Gasteiger partial charge in [-0.05, 0) is 42.6 Å². The van der Waals surface area contributed by atoms with E-state index in [1.165, 1.54) is 5.56 Å². The zero-order valence-electron chi connectivity index (χ0n) is 11.9. The van der Waals surface area contributed by atoms with Gasteiger partial charge in [0.25, 0.3) is 0 Å². The Bertz CT molecular complexity index is 505. The van der Waals surface area contributed by atoms with E-state index in [9.17, 15) is 5.11 Å². The monoisotopic (exact) mass is 339 g/mol. The average Bonchev–Trinajstić information content (AvgIpc) is 2.87. The normalized spacial score (nSPS) is 29.1. The first-order valence-electron chi connectivity index (χ1n) is 7.49. The molecule has 3 nitrogen and oxygen atoms in total. The third-order valence-electron chi connectivity index (χ3n) is 4.70. The van der Waals surface area contributed by atoms with Gasteiger partial charge in [-0.25, -0.2) is 0 Å². The Hall–Kier alpha value is -0.580. The lowest BCUT2D eigenvalue weighted by Crippen LogP contribution is -2.51. The van der Waals surface area contributed by atoms with E-state index < -0.39 is 5.60 Å². The van der Waals surface area contributed by atoms with Crippen molar-refractivity contribution in [2.45, 2.75) is 38.2 Å². The standard InChI is InChI=1S/C16H22BrNO2/c1-2-13-10-18-5-4-16(13,19)9-12-8-14(17)7-11-3-6-20-15(11)12/h7-8,13,18-19H,2-6,9-10H2,1H3. The van der Waals surface area contributed by atoms with Crippen LogP contribution in [0.25, 0.3) is 0 Å². The molecule has 2 N–H and O–H groups in total. The van der Waals surface area contributed by atoms with E-state index in [1.54, 1.807) is 0 Å². The maximum atomic E-state index is 11.1. The Morgan fingerprint density at radius 3 is 3.15 bits per heavy atom. The lowest BCUT2D eigenvalue weighted by Gasteiger charge is -2.40. The van der Waals surface area contributed by atoms with Crippen LogP contribution in [0.1, 0.15) is 30.9 Å². The Balaban J connectivity index is 1.90. The number of rotatable bonds is 3. The van der Waals surface area contributed by atoms with E-state index in [4.69, 9.17) is 4.74 Å².